The summed E-state index contributed by atoms with van der Waals surface area (Å²) < 4.78 is 5.12. The Morgan fingerprint density at radius 2 is 0.709 bits per heavy atom. The molecule has 0 unspecified atom stereocenters. The number of nitrogens with zero attached hydrogens (tertiary/aromatic N) is 2. The molecule has 0 aliphatic rings. The fraction of sp³-hybridized carbons (Fsp3) is 0. The number of benzene rings is 14. The van der Waals surface area contributed by atoms with Gasteiger partial charge in [-0.05, 0) is 166 Å². The van der Waals surface area contributed by atoms with E-state index in [1.54, 1.807) is 0 Å². The molecule has 16 aromatic rings. The van der Waals surface area contributed by atoms with E-state index in [-0.39, 0.29) is 0 Å². The van der Waals surface area contributed by atoms with E-state index in [4.69, 9.17) is 0 Å². The number of anilines is 3. The van der Waals surface area contributed by atoms with Crippen molar-refractivity contribution in [2.45, 2.75) is 0 Å². The summed E-state index contributed by atoms with van der Waals surface area (Å²) in [6.07, 6.45) is 0. The Hall–Kier alpha value is -10.1. The highest BCUT2D eigenvalue weighted by Crippen LogP contribution is 2.45. The first kappa shape index (κ1) is 45.2. The summed E-state index contributed by atoms with van der Waals surface area (Å²) in [5.41, 5.74) is 16.4. The van der Waals surface area contributed by atoms with E-state index in [2.05, 4.69) is 301 Å². The van der Waals surface area contributed by atoms with Crippen LogP contribution in [0, 0.1) is 0 Å². The van der Waals surface area contributed by atoms with Crippen LogP contribution in [0.15, 0.2) is 291 Å². The highest BCUT2D eigenvalue weighted by atomic mass is 32.1. The lowest BCUT2D eigenvalue weighted by molar-refractivity contribution is 1.19. The molecule has 0 radical (unpaired) electrons. The van der Waals surface area contributed by atoms with Gasteiger partial charge in [0, 0.05) is 53.7 Å². The number of hydrogen-bond donors (Lipinski definition) is 0. The smallest absolute Gasteiger partial charge is 0.0541 e. The van der Waals surface area contributed by atoms with Crippen LogP contribution in [0.4, 0.5) is 17.1 Å². The maximum absolute atomic E-state index is 2.48. The Morgan fingerprint density at radius 1 is 0.253 bits per heavy atom. The molecule has 0 N–H and O–H groups in total. The van der Waals surface area contributed by atoms with Crippen molar-refractivity contribution in [1.82, 2.24) is 4.57 Å². The lowest BCUT2D eigenvalue weighted by Crippen LogP contribution is -2.09. The monoisotopic (exact) mass is 1020 g/mol. The van der Waals surface area contributed by atoms with E-state index < -0.39 is 0 Å². The van der Waals surface area contributed by atoms with Crippen LogP contribution in [0.5, 0.6) is 0 Å². The number of hydrogen-bond acceptors (Lipinski definition) is 2. The number of rotatable bonds is 8. The lowest BCUT2D eigenvalue weighted by atomic mass is 9.94. The van der Waals surface area contributed by atoms with Gasteiger partial charge in [-0.2, -0.15) is 0 Å². The van der Waals surface area contributed by atoms with Gasteiger partial charge >= 0.3 is 0 Å². The Kier molecular flexibility index (Phi) is 10.5. The third kappa shape index (κ3) is 7.46. The molecule has 2 heterocycles. The zero-order chi connectivity index (χ0) is 52.0. The largest absolute Gasteiger partial charge is 0.311 e. The minimum absolute atomic E-state index is 1.09. The molecular formula is C76H48N2S. The minimum Gasteiger partial charge on any atom is -0.311 e. The molecule has 0 spiro atoms. The second kappa shape index (κ2) is 18.3. The molecule has 0 atom stereocenters. The molecule has 3 heteroatoms. The summed E-state index contributed by atoms with van der Waals surface area (Å²) in [6, 6.07) is 108. The minimum atomic E-state index is 1.09. The molecule has 368 valence electrons. The van der Waals surface area contributed by atoms with Crippen molar-refractivity contribution in [3.63, 3.8) is 0 Å². The second-order valence-electron chi connectivity index (χ2n) is 20.8. The predicted octanol–water partition coefficient (Wildman–Crippen LogP) is 21.9. The molecule has 0 fully saturated rings. The van der Waals surface area contributed by atoms with E-state index in [9.17, 15) is 0 Å². The van der Waals surface area contributed by atoms with E-state index in [1.165, 1.54) is 124 Å². The summed E-state index contributed by atoms with van der Waals surface area (Å²) in [7, 11) is 0. The van der Waals surface area contributed by atoms with Gasteiger partial charge in [0.1, 0.15) is 0 Å². The fourth-order valence-electron chi connectivity index (χ4n) is 12.6. The van der Waals surface area contributed by atoms with Crippen LogP contribution in [-0.2, 0) is 0 Å². The molecule has 0 aliphatic carbocycles. The van der Waals surface area contributed by atoms with Gasteiger partial charge in [0.2, 0.25) is 0 Å². The van der Waals surface area contributed by atoms with E-state index in [1.807, 2.05) is 11.3 Å². The summed E-state index contributed by atoms with van der Waals surface area (Å²) >= 11 is 1.88. The van der Waals surface area contributed by atoms with Crippen molar-refractivity contribution in [1.29, 1.82) is 0 Å². The van der Waals surface area contributed by atoms with Crippen LogP contribution < -0.4 is 4.90 Å². The van der Waals surface area contributed by atoms with Crippen molar-refractivity contribution in [3.8, 4) is 50.2 Å². The summed E-state index contributed by atoms with van der Waals surface area (Å²) in [4.78, 5) is 2.38. The molecule has 0 amide bonds. The molecule has 2 nitrogen and oxygen atoms in total. The number of aromatic nitrogens is 1. The Morgan fingerprint density at radius 3 is 1.38 bits per heavy atom. The molecule has 0 aliphatic heterocycles. The van der Waals surface area contributed by atoms with Gasteiger partial charge in [-0.1, -0.05) is 212 Å². The Balaban J connectivity index is 0.825. The van der Waals surface area contributed by atoms with Gasteiger partial charge in [0.25, 0.3) is 0 Å². The van der Waals surface area contributed by atoms with Crippen molar-refractivity contribution in [3.05, 3.63) is 291 Å². The molecule has 0 saturated carbocycles. The van der Waals surface area contributed by atoms with Crippen molar-refractivity contribution in [2.24, 2.45) is 0 Å². The third-order valence-electron chi connectivity index (χ3n) is 16.4. The van der Waals surface area contributed by atoms with Crippen molar-refractivity contribution >= 4 is 113 Å². The number of thiophene rings is 1. The Labute approximate surface area is 461 Å². The maximum atomic E-state index is 2.48. The van der Waals surface area contributed by atoms with Gasteiger partial charge in [-0.15, -0.1) is 11.3 Å². The van der Waals surface area contributed by atoms with E-state index >= 15 is 0 Å². The van der Waals surface area contributed by atoms with Crippen LogP contribution in [0.2, 0.25) is 0 Å². The summed E-state index contributed by atoms with van der Waals surface area (Å²) in [6.45, 7) is 0. The quantitative estimate of drug-likeness (QED) is 0.138. The molecular weight excluding hydrogens is 973 g/mol. The van der Waals surface area contributed by atoms with Crippen LogP contribution in [0.1, 0.15) is 0 Å². The zero-order valence-corrected chi connectivity index (χ0v) is 43.8. The van der Waals surface area contributed by atoms with Gasteiger partial charge in [-0.3, -0.25) is 0 Å². The molecule has 79 heavy (non-hydrogen) atoms. The highest BCUT2D eigenvalue weighted by molar-refractivity contribution is 7.26. The first-order valence-corrected chi connectivity index (χ1v) is 28.0. The first-order valence-electron chi connectivity index (χ1n) is 27.1. The van der Waals surface area contributed by atoms with Gasteiger partial charge in [0.15, 0.2) is 0 Å². The first-order chi connectivity index (χ1) is 39.2. The van der Waals surface area contributed by atoms with Gasteiger partial charge in [-0.25, -0.2) is 0 Å². The number of fused-ring (bicyclic) bond motifs is 13. The standard InChI is InChI=1S/C76H48N2S/c1-2-14-49(15-3-1)50-28-36-56(37-29-50)77(58-40-32-53(33-41-58)62-25-13-26-69-68-23-10-11-27-75(68)79-76(62)69)57-38-30-51(31-39-57)54-34-44-73-71(46-54)72-47-55(61-24-12-17-52-16-4-5-18-60(52)61)35-45-74(72)78(73)59-42-43-67-65-21-7-6-19-63(65)64-20-8-9-22-66(64)70(67)48-59/h1-48H. The summed E-state index contributed by atoms with van der Waals surface area (Å²) in [5, 5.41) is 15.2. The van der Waals surface area contributed by atoms with Crippen LogP contribution >= 0.6 is 11.3 Å². The average Bonchev–Trinajstić information content (AvgIpc) is 4.16. The molecule has 2 aromatic heterocycles. The van der Waals surface area contributed by atoms with E-state index in [0.717, 1.165) is 28.3 Å². The fourth-order valence-corrected chi connectivity index (χ4v) is 13.8. The highest BCUT2D eigenvalue weighted by Gasteiger charge is 2.20. The second-order valence-corrected chi connectivity index (χ2v) is 21.8. The van der Waals surface area contributed by atoms with E-state index in [0.29, 0.717) is 0 Å². The van der Waals surface area contributed by atoms with Crippen molar-refractivity contribution < 1.29 is 0 Å². The van der Waals surface area contributed by atoms with Gasteiger partial charge < -0.3 is 9.47 Å². The third-order valence-corrected chi connectivity index (χ3v) is 17.6. The normalized spacial score (nSPS) is 11.8. The maximum Gasteiger partial charge on any atom is 0.0541 e. The van der Waals surface area contributed by atoms with Gasteiger partial charge in [0.05, 0.1) is 11.0 Å². The molecule has 0 bridgehead atoms. The molecule has 16 rings (SSSR count). The molecule has 0 saturated heterocycles. The van der Waals surface area contributed by atoms with Crippen LogP contribution in [0.25, 0.3) is 135 Å². The zero-order valence-electron chi connectivity index (χ0n) is 43.0. The van der Waals surface area contributed by atoms with Crippen LogP contribution in [-0.4, -0.2) is 4.57 Å². The van der Waals surface area contributed by atoms with Crippen molar-refractivity contribution in [2.75, 3.05) is 4.90 Å². The SMILES string of the molecule is c1ccc(-c2ccc(N(c3ccc(-c4ccc5c(c4)c4cc(-c6cccc7ccccc67)ccc4n5-c4ccc5c6ccccc6c6ccccc6c5c4)cc3)c3ccc(-c4cccc5c4sc4ccccc45)cc3)cc2)cc1. The lowest BCUT2D eigenvalue weighted by Gasteiger charge is -2.26. The Bertz CT molecular complexity index is 5010. The van der Waals surface area contributed by atoms with Crippen LogP contribution in [0.3, 0.4) is 0 Å². The predicted molar refractivity (Wildman–Crippen MR) is 340 cm³/mol. The topological polar surface area (TPSA) is 8.17 Å². The average molecular weight is 1020 g/mol. The summed E-state index contributed by atoms with van der Waals surface area (Å²) in [5.74, 6) is 0. The molecule has 14 aromatic carbocycles.